The smallest absolute Gasteiger partial charge is 0.252 e. The number of anilines is 1. The lowest BCUT2D eigenvalue weighted by atomic mass is 9.86. The van der Waals surface area contributed by atoms with Gasteiger partial charge >= 0.3 is 0 Å². The zero-order valence-electron chi connectivity index (χ0n) is 19.5. The molecule has 4 rings (SSSR count). The highest BCUT2D eigenvalue weighted by Gasteiger charge is 2.23. The lowest BCUT2D eigenvalue weighted by Crippen LogP contribution is -2.49. The summed E-state index contributed by atoms with van der Waals surface area (Å²) in [7, 11) is 0. The molecule has 176 valence electrons. The van der Waals surface area contributed by atoms with Gasteiger partial charge in [0.25, 0.3) is 5.91 Å². The first kappa shape index (κ1) is 23.3. The molecular weight excluding hydrogens is 412 g/mol. The molecule has 33 heavy (non-hydrogen) atoms. The maximum absolute atomic E-state index is 12.6. The molecule has 1 saturated carbocycles. The topological polar surface area (TPSA) is 65.5 Å². The molecule has 1 aromatic heterocycles. The van der Waals surface area contributed by atoms with Crippen LogP contribution in [0.4, 0.5) is 5.82 Å². The first-order valence-electron chi connectivity index (χ1n) is 12.5. The van der Waals surface area contributed by atoms with E-state index in [1.807, 2.05) is 35.2 Å². The zero-order chi connectivity index (χ0) is 22.9. The van der Waals surface area contributed by atoms with Crippen LogP contribution in [0.2, 0.25) is 0 Å². The molecule has 1 N–H and O–H groups in total. The number of carbonyl (C=O) groups excluding carboxylic acids is 2. The predicted molar refractivity (Wildman–Crippen MR) is 131 cm³/mol. The molecule has 1 aromatic carbocycles. The van der Waals surface area contributed by atoms with Gasteiger partial charge in [0.05, 0.1) is 5.56 Å². The van der Waals surface area contributed by atoms with Crippen molar-refractivity contribution < 1.29 is 9.59 Å². The number of nitrogens with one attached hydrogen (secondary N) is 1. The first-order chi connectivity index (χ1) is 16.2. The van der Waals surface area contributed by atoms with Gasteiger partial charge < -0.3 is 15.1 Å². The molecule has 1 aliphatic carbocycles. The fourth-order valence-corrected chi connectivity index (χ4v) is 4.92. The maximum Gasteiger partial charge on any atom is 0.252 e. The van der Waals surface area contributed by atoms with Crippen molar-refractivity contribution in [1.29, 1.82) is 0 Å². The van der Waals surface area contributed by atoms with Crippen molar-refractivity contribution in [3.05, 3.63) is 59.8 Å². The minimum Gasteiger partial charge on any atom is -0.353 e. The number of rotatable bonds is 8. The number of amides is 2. The number of aromatic nitrogens is 1. The summed E-state index contributed by atoms with van der Waals surface area (Å²) < 4.78 is 0. The van der Waals surface area contributed by atoms with Gasteiger partial charge in [-0.2, -0.15) is 0 Å². The van der Waals surface area contributed by atoms with Gasteiger partial charge in [-0.1, -0.05) is 62.4 Å². The van der Waals surface area contributed by atoms with Crippen LogP contribution in [0, 0.1) is 5.92 Å². The number of nitrogens with zero attached hydrogens (tertiary/aromatic N) is 3. The van der Waals surface area contributed by atoms with E-state index >= 15 is 0 Å². The summed E-state index contributed by atoms with van der Waals surface area (Å²) >= 11 is 0. The van der Waals surface area contributed by atoms with Gasteiger partial charge in [0.2, 0.25) is 5.91 Å². The van der Waals surface area contributed by atoms with E-state index in [-0.39, 0.29) is 5.91 Å². The Kier molecular flexibility index (Phi) is 8.34. The van der Waals surface area contributed by atoms with E-state index in [0.29, 0.717) is 24.4 Å². The van der Waals surface area contributed by atoms with Crippen LogP contribution in [0.1, 0.15) is 60.9 Å². The van der Waals surface area contributed by atoms with Crippen LogP contribution in [0.15, 0.2) is 48.7 Å². The molecule has 1 aliphatic heterocycles. The molecule has 1 saturated heterocycles. The number of benzene rings is 1. The summed E-state index contributed by atoms with van der Waals surface area (Å²) in [6.07, 6.45) is 10.8. The summed E-state index contributed by atoms with van der Waals surface area (Å²) in [5.41, 5.74) is 1.78. The fraction of sp³-hybridized carbons (Fsp3) is 0.519. The standard InChI is InChI=1S/C27H36N4O2/c32-26(14-11-22-7-3-1-4-8-22)31-19-17-30(18-20-31)25-13-12-24(21-29-25)27(33)28-16-15-23-9-5-2-6-10-23/h2,5-6,9-10,12-13,21-22H,1,3-4,7-8,11,14-20H2,(H,28,33). The van der Waals surface area contributed by atoms with Crippen molar-refractivity contribution in [2.24, 2.45) is 5.92 Å². The van der Waals surface area contributed by atoms with Crippen molar-refractivity contribution in [3.63, 3.8) is 0 Å². The van der Waals surface area contributed by atoms with Crippen LogP contribution in [-0.4, -0.2) is 54.4 Å². The molecule has 6 nitrogen and oxygen atoms in total. The molecule has 2 amide bonds. The van der Waals surface area contributed by atoms with Crippen LogP contribution in [-0.2, 0) is 11.2 Å². The van der Waals surface area contributed by atoms with Gasteiger partial charge in [-0.25, -0.2) is 4.98 Å². The number of carbonyl (C=O) groups is 2. The maximum atomic E-state index is 12.6. The summed E-state index contributed by atoms with van der Waals surface area (Å²) in [5, 5.41) is 2.96. The minimum atomic E-state index is -0.0987. The first-order valence-corrected chi connectivity index (χ1v) is 12.5. The van der Waals surface area contributed by atoms with Crippen LogP contribution < -0.4 is 10.2 Å². The SMILES string of the molecule is O=C(NCCc1ccccc1)c1ccc(N2CCN(C(=O)CCC3CCCCC3)CC2)nc1. The fourth-order valence-electron chi connectivity index (χ4n) is 4.92. The second-order valence-electron chi connectivity index (χ2n) is 9.31. The van der Waals surface area contributed by atoms with Gasteiger partial charge in [0.1, 0.15) is 5.82 Å². The Labute approximate surface area is 197 Å². The molecule has 2 heterocycles. The van der Waals surface area contributed by atoms with E-state index in [1.54, 1.807) is 6.20 Å². The van der Waals surface area contributed by atoms with Gasteiger partial charge in [-0.3, -0.25) is 9.59 Å². The molecule has 2 fully saturated rings. The highest BCUT2D eigenvalue weighted by molar-refractivity contribution is 5.94. The van der Waals surface area contributed by atoms with Crippen molar-refractivity contribution in [2.45, 2.75) is 51.4 Å². The second kappa shape index (κ2) is 11.8. The third-order valence-electron chi connectivity index (χ3n) is 7.00. The number of hydrogen-bond acceptors (Lipinski definition) is 4. The van der Waals surface area contributed by atoms with Crippen molar-refractivity contribution in [2.75, 3.05) is 37.6 Å². The molecule has 0 bridgehead atoms. The predicted octanol–water partition coefficient (Wildman–Crippen LogP) is 4.06. The molecule has 6 heteroatoms. The van der Waals surface area contributed by atoms with Crippen molar-refractivity contribution in [3.8, 4) is 0 Å². The van der Waals surface area contributed by atoms with E-state index in [4.69, 9.17) is 0 Å². The average Bonchev–Trinajstić information content (AvgIpc) is 2.88. The van der Waals surface area contributed by atoms with Gasteiger partial charge in [-0.05, 0) is 36.5 Å². The summed E-state index contributed by atoms with van der Waals surface area (Å²) in [4.78, 5) is 33.8. The second-order valence-corrected chi connectivity index (χ2v) is 9.31. The molecule has 0 unspecified atom stereocenters. The number of hydrogen-bond donors (Lipinski definition) is 1. The molecule has 2 aliphatic rings. The minimum absolute atomic E-state index is 0.0987. The molecule has 0 atom stereocenters. The number of pyridine rings is 1. The Morgan fingerprint density at radius 1 is 0.939 bits per heavy atom. The van der Waals surface area contributed by atoms with E-state index in [1.165, 1.54) is 37.7 Å². The Balaban J connectivity index is 1.18. The van der Waals surface area contributed by atoms with E-state index in [0.717, 1.165) is 50.8 Å². The van der Waals surface area contributed by atoms with Crippen molar-refractivity contribution >= 4 is 17.6 Å². The number of piperazine rings is 1. The van der Waals surface area contributed by atoms with Crippen LogP contribution >= 0.6 is 0 Å². The third kappa shape index (κ3) is 6.80. The van der Waals surface area contributed by atoms with E-state index < -0.39 is 0 Å². The summed E-state index contributed by atoms with van der Waals surface area (Å²) in [6.45, 7) is 3.65. The zero-order valence-corrected chi connectivity index (χ0v) is 19.5. The highest BCUT2D eigenvalue weighted by atomic mass is 16.2. The Hall–Kier alpha value is -2.89. The van der Waals surface area contributed by atoms with Gasteiger partial charge in [0.15, 0.2) is 0 Å². The molecular formula is C27H36N4O2. The summed E-state index contributed by atoms with van der Waals surface area (Å²) in [6, 6.07) is 13.9. The summed E-state index contributed by atoms with van der Waals surface area (Å²) in [5.74, 6) is 1.82. The normalized spacial score (nSPS) is 17.1. The molecule has 0 radical (unpaired) electrons. The largest absolute Gasteiger partial charge is 0.353 e. The monoisotopic (exact) mass is 448 g/mol. The van der Waals surface area contributed by atoms with Crippen LogP contribution in [0.3, 0.4) is 0 Å². The lowest BCUT2D eigenvalue weighted by molar-refractivity contribution is -0.131. The van der Waals surface area contributed by atoms with E-state index in [9.17, 15) is 9.59 Å². The van der Waals surface area contributed by atoms with Crippen molar-refractivity contribution in [1.82, 2.24) is 15.2 Å². The Morgan fingerprint density at radius 3 is 2.39 bits per heavy atom. The van der Waals surface area contributed by atoms with Crippen LogP contribution in [0.25, 0.3) is 0 Å². The average molecular weight is 449 g/mol. The van der Waals surface area contributed by atoms with Gasteiger partial charge in [0, 0.05) is 45.3 Å². The Morgan fingerprint density at radius 2 is 1.70 bits per heavy atom. The molecule has 0 spiro atoms. The van der Waals surface area contributed by atoms with Crippen LogP contribution in [0.5, 0.6) is 0 Å². The molecule has 2 aromatic rings. The van der Waals surface area contributed by atoms with Gasteiger partial charge in [-0.15, -0.1) is 0 Å². The highest BCUT2D eigenvalue weighted by Crippen LogP contribution is 2.27. The third-order valence-corrected chi connectivity index (χ3v) is 7.00. The lowest BCUT2D eigenvalue weighted by Gasteiger charge is -2.35. The van der Waals surface area contributed by atoms with E-state index in [2.05, 4.69) is 27.3 Å². The Bertz CT molecular complexity index is 886. The quantitative estimate of drug-likeness (QED) is 0.661.